The van der Waals surface area contributed by atoms with Crippen LogP contribution in [0.2, 0.25) is 0 Å². The Morgan fingerprint density at radius 1 is 0.955 bits per heavy atom. The molecule has 0 saturated carbocycles. The van der Waals surface area contributed by atoms with E-state index in [9.17, 15) is 9.59 Å². The molecule has 0 aliphatic carbocycles. The summed E-state index contributed by atoms with van der Waals surface area (Å²) < 4.78 is 0. The number of benzene rings is 2. The van der Waals surface area contributed by atoms with Gasteiger partial charge in [0.05, 0.1) is 6.04 Å². The van der Waals surface area contributed by atoms with Crippen molar-refractivity contribution in [1.29, 1.82) is 0 Å². The quantitative estimate of drug-likeness (QED) is 0.832. The number of amides is 2. The molecule has 22 heavy (non-hydrogen) atoms. The largest absolute Gasteiger partial charge is 0.349 e. The first kappa shape index (κ1) is 15.8. The molecule has 0 saturated heterocycles. The van der Waals surface area contributed by atoms with Gasteiger partial charge in [-0.3, -0.25) is 9.59 Å². The van der Waals surface area contributed by atoms with E-state index in [-0.39, 0.29) is 24.3 Å². The van der Waals surface area contributed by atoms with E-state index in [0.717, 1.165) is 11.1 Å². The van der Waals surface area contributed by atoms with E-state index < -0.39 is 0 Å². The fourth-order valence-electron chi connectivity index (χ4n) is 2.11. The highest BCUT2D eigenvalue weighted by molar-refractivity contribution is 6.03. The van der Waals surface area contributed by atoms with Crippen LogP contribution in [0.4, 0.5) is 5.69 Å². The fraction of sp³-hybridized carbons (Fsp3) is 0.222. The van der Waals surface area contributed by atoms with Gasteiger partial charge >= 0.3 is 0 Å². The van der Waals surface area contributed by atoms with Crippen molar-refractivity contribution in [2.45, 2.75) is 26.3 Å². The summed E-state index contributed by atoms with van der Waals surface area (Å²) >= 11 is 0. The average Bonchev–Trinajstić information content (AvgIpc) is 2.50. The number of hydrogen-bond acceptors (Lipinski definition) is 2. The molecule has 0 bridgehead atoms. The van der Waals surface area contributed by atoms with Gasteiger partial charge in [-0.15, -0.1) is 0 Å². The monoisotopic (exact) mass is 296 g/mol. The molecule has 2 rings (SSSR count). The third-order valence-electron chi connectivity index (χ3n) is 3.33. The van der Waals surface area contributed by atoms with Gasteiger partial charge in [-0.1, -0.05) is 48.0 Å². The molecule has 114 valence electrons. The summed E-state index contributed by atoms with van der Waals surface area (Å²) in [6.07, 6.45) is -0.189. The lowest BCUT2D eigenvalue weighted by atomic mass is 10.1. The highest BCUT2D eigenvalue weighted by atomic mass is 16.2. The molecule has 2 aromatic carbocycles. The Kier molecular flexibility index (Phi) is 5.31. The molecule has 0 aliphatic rings. The number of anilines is 1. The van der Waals surface area contributed by atoms with Gasteiger partial charge in [-0.2, -0.15) is 0 Å². The van der Waals surface area contributed by atoms with Crippen LogP contribution in [0.5, 0.6) is 0 Å². The zero-order valence-corrected chi connectivity index (χ0v) is 12.8. The first-order chi connectivity index (χ1) is 10.5. The van der Waals surface area contributed by atoms with E-state index in [0.29, 0.717) is 5.69 Å². The van der Waals surface area contributed by atoms with Crippen molar-refractivity contribution in [3.63, 3.8) is 0 Å². The van der Waals surface area contributed by atoms with Crippen LogP contribution >= 0.6 is 0 Å². The number of carbonyl (C=O) groups is 2. The van der Waals surface area contributed by atoms with Gasteiger partial charge in [0.1, 0.15) is 6.42 Å². The maximum absolute atomic E-state index is 11.9. The summed E-state index contributed by atoms with van der Waals surface area (Å²) in [4.78, 5) is 23.8. The Morgan fingerprint density at radius 3 is 2.23 bits per heavy atom. The maximum Gasteiger partial charge on any atom is 0.233 e. The summed E-state index contributed by atoms with van der Waals surface area (Å²) in [7, 11) is 0. The molecule has 1 unspecified atom stereocenters. The van der Waals surface area contributed by atoms with Crippen molar-refractivity contribution in [3.8, 4) is 0 Å². The van der Waals surface area contributed by atoms with Gasteiger partial charge in [0.25, 0.3) is 0 Å². The normalized spacial score (nSPS) is 11.5. The molecule has 1 atom stereocenters. The van der Waals surface area contributed by atoms with Crippen LogP contribution in [0.3, 0.4) is 0 Å². The highest BCUT2D eigenvalue weighted by Crippen LogP contribution is 2.12. The molecule has 0 aliphatic heterocycles. The predicted octanol–water partition coefficient (Wildman–Crippen LogP) is 3.20. The minimum atomic E-state index is -0.318. The third kappa shape index (κ3) is 4.74. The molecule has 2 amide bonds. The lowest BCUT2D eigenvalue weighted by Crippen LogP contribution is -2.30. The van der Waals surface area contributed by atoms with Gasteiger partial charge in [0.15, 0.2) is 0 Å². The number of rotatable bonds is 5. The standard InChI is InChI=1S/C18H20N2O2/c1-13-8-10-16(11-9-13)20-18(22)12-17(21)19-14(2)15-6-4-3-5-7-15/h3-11,14H,12H2,1-2H3,(H,19,21)(H,20,22). The van der Waals surface area contributed by atoms with Crippen molar-refractivity contribution in [3.05, 3.63) is 65.7 Å². The first-order valence-electron chi connectivity index (χ1n) is 7.25. The Bertz CT molecular complexity index is 636. The van der Waals surface area contributed by atoms with Crippen molar-refractivity contribution < 1.29 is 9.59 Å². The summed E-state index contributed by atoms with van der Waals surface area (Å²) in [6.45, 7) is 3.87. The van der Waals surface area contributed by atoms with Gasteiger partial charge in [-0.25, -0.2) is 0 Å². The third-order valence-corrected chi connectivity index (χ3v) is 3.33. The number of nitrogens with one attached hydrogen (secondary N) is 2. The van der Waals surface area contributed by atoms with E-state index in [2.05, 4.69) is 10.6 Å². The Morgan fingerprint density at radius 2 is 1.59 bits per heavy atom. The van der Waals surface area contributed by atoms with E-state index in [1.54, 1.807) is 0 Å². The van der Waals surface area contributed by atoms with E-state index in [1.165, 1.54) is 0 Å². The summed E-state index contributed by atoms with van der Waals surface area (Å²) in [5.41, 5.74) is 2.82. The Labute approximate surface area is 130 Å². The minimum absolute atomic E-state index is 0.124. The first-order valence-corrected chi connectivity index (χ1v) is 7.25. The molecule has 2 aromatic rings. The summed E-state index contributed by atoms with van der Waals surface area (Å²) in [5.74, 6) is -0.609. The van der Waals surface area contributed by atoms with Crippen LogP contribution in [-0.2, 0) is 9.59 Å². The number of carbonyl (C=O) groups excluding carboxylic acids is 2. The zero-order chi connectivity index (χ0) is 15.9. The molecule has 4 nitrogen and oxygen atoms in total. The highest BCUT2D eigenvalue weighted by Gasteiger charge is 2.13. The molecule has 4 heteroatoms. The van der Waals surface area contributed by atoms with Gasteiger partial charge in [-0.05, 0) is 31.5 Å². The smallest absolute Gasteiger partial charge is 0.233 e. The lowest BCUT2D eigenvalue weighted by Gasteiger charge is -2.14. The molecule has 0 heterocycles. The second kappa shape index (κ2) is 7.41. The van der Waals surface area contributed by atoms with Crippen LogP contribution in [-0.4, -0.2) is 11.8 Å². The SMILES string of the molecule is Cc1ccc(NC(=O)CC(=O)NC(C)c2ccccc2)cc1. The lowest BCUT2D eigenvalue weighted by molar-refractivity contribution is -0.127. The molecular formula is C18H20N2O2. The Hall–Kier alpha value is -2.62. The van der Waals surface area contributed by atoms with Crippen molar-refractivity contribution in [2.75, 3.05) is 5.32 Å². The molecule has 0 aromatic heterocycles. The van der Waals surface area contributed by atoms with E-state index in [4.69, 9.17) is 0 Å². The molecule has 0 spiro atoms. The maximum atomic E-state index is 11.9. The van der Waals surface area contributed by atoms with Crippen molar-refractivity contribution >= 4 is 17.5 Å². The van der Waals surface area contributed by atoms with E-state index in [1.807, 2.05) is 68.4 Å². The average molecular weight is 296 g/mol. The van der Waals surface area contributed by atoms with E-state index >= 15 is 0 Å². The zero-order valence-electron chi connectivity index (χ0n) is 12.8. The summed E-state index contributed by atoms with van der Waals surface area (Å²) in [5, 5.41) is 5.54. The second-order valence-electron chi connectivity index (χ2n) is 5.29. The van der Waals surface area contributed by atoms with Crippen LogP contribution in [0.1, 0.15) is 30.5 Å². The fourth-order valence-corrected chi connectivity index (χ4v) is 2.11. The molecule has 2 N–H and O–H groups in total. The van der Waals surface area contributed by atoms with Crippen LogP contribution < -0.4 is 10.6 Å². The number of hydrogen-bond donors (Lipinski definition) is 2. The van der Waals surface area contributed by atoms with Gasteiger partial charge < -0.3 is 10.6 Å². The van der Waals surface area contributed by atoms with Crippen LogP contribution in [0.15, 0.2) is 54.6 Å². The topological polar surface area (TPSA) is 58.2 Å². The number of aryl methyl sites for hydroxylation is 1. The predicted molar refractivity (Wildman–Crippen MR) is 87.4 cm³/mol. The minimum Gasteiger partial charge on any atom is -0.349 e. The molecule has 0 fully saturated rings. The van der Waals surface area contributed by atoms with Gasteiger partial charge in [0, 0.05) is 5.69 Å². The molecular weight excluding hydrogens is 276 g/mol. The van der Waals surface area contributed by atoms with Crippen LogP contribution in [0.25, 0.3) is 0 Å². The van der Waals surface area contributed by atoms with Gasteiger partial charge in [0.2, 0.25) is 11.8 Å². The van der Waals surface area contributed by atoms with Crippen molar-refractivity contribution in [2.24, 2.45) is 0 Å². The van der Waals surface area contributed by atoms with Crippen LogP contribution in [0, 0.1) is 6.92 Å². The second-order valence-corrected chi connectivity index (χ2v) is 5.29. The van der Waals surface area contributed by atoms with Crippen molar-refractivity contribution in [1.82, 2.24) is 5.32 Å². The Balaban J connectivity index is 1.83. The summed E-state index contributed by atoms with van der Waals surface area (Å²) in [6, 6.07) is 17.0. The molecule has 0 radical (unpaired) electrons.